The number of halogens is 4. The van der Waals surface area contributed by atoms with Gasteiger partial charge in [0.1, 0.15) is 12.2 Å². The van der Waals surface area contributed by atoms with Gasteiger partial charge in [-0.3, -0.25) is 19.4 Å². The lowest BCUT2D eigenvalue weighted by Gasteiger charge is -2.25. The van der Waals surface area contributed by atoms with Gasteiger partial charge < -0.3 is 0 Å². The Morgan fingerprint density at radius 2 is 1.50 bits per heavy atom. The zero-order valence-electron chi connectivity index (χ0n) is 20.4. The van der Waals surface area contributed by atoms with E-state index >= 15 is 0 Å². The predicted molar refractivity (Wildman–Crippen MR) is 132 cm³/mol. The van der Waals surface area contributed by atoms with Crippen molar-refractivity contribution in [1.29, 1.82) is 0 Å². The number of hydrogen-bond acceptors (Lipinski definition) is 7. The van der Waals surface area contributed by atoms with E-state index < -0.39 is 71.3 Å². The number of amides is 3. The summed E-state index contributed by atoms with van der Waals surface area (Å²) in [5, 5.41) is 14.2. The maximum Gasteiger partial charge on any atom is 0.264 e. The number of fused-ring (bicyclic) bond motifs is 1. The molecule has 6 rings (SSSR count). The molecule has 3 aromatic carbocycles. The molecule has 3 atom stereocenters. The molecule has 0 saturated carbocycles. The van der Waals surface area contributed by atoms with Crippen molar-refractivity contribution in [3.63, 3.8) is 0 Å². The number of hydrogen-bond donors (Lipinski definition) is 0. The first kappa shape index (κ1) is 25.3. The van der Waals surface area contributed by atoms with Gasteiger partial charge in [0.2, 0.25) is 0 Å². The van der Waals surface area contributed by atoms with Gasteiger partial charge in [0.25, 0.3) is 17.7 Å². The summed E-state index contributed by atoms with van der Waals surface area (Å²) in [5.74, 6) is -10.4. The smallest absolute Gasteiger partial charge is 0.264 e. The van der Waals surface area contributed by atoms with Gasteiger partial charge in [-0.05, 0) is 11.1 Å². The van der Waals surface area contributed by atoms with Gasteiger partial charge in [0.05, 0.1) is 11.8 Å². The van der Waals surface area contributed by atoms with Gasteiger partial charge in [0.15, 0.2) is 35.4 Å². The molecule has 0 unspecified atom stereocenters. The van der Waals surface area contributed by atoms with Crippen molar-refractivity contribution in [2.75, 3.05) is 11.4 Å². The van der Waals surface area contributed by atoms with Crippen LogP contribution < -0.4 is 4.90 Å². The maximum atomic E-state index is 14.4. The van der Waals surface area contributed by atoms with Gasteiger partial charge in [-0.15, -0.1) is 0 Å². The van der Waals surface area contributed by atoms with E-state index in [9.17, 15) is 31.9 Å². The molecule has 0 spiro atoms. The van der Waals surface area contributed by atoms with Crippen molar-refractivity contribution in [2.45, 2.75) is 24.5 Å². The third kappa shape index (κ3) is 4.01. The molecule has 3 amide bonds. The van der Waals surface area contributed by atoms with Crippen LogP contribution in [0.1, 0.15) is 23.6 Å². The van der Waals surface area contributed by atoms with E-state index in [-0.39, 0.29) is 11.0 Å². The summed E-state index contributed by atoms with van der Waals surface area (Å²) >= 11 is 0. The topological polar surface area (TPSA) is 98.0 Å². The van der Waals surface area contributed by atoms with Crippen LogP contribution in [0.4, 0.5) is 23.2 Å². The lowest BCUT2D eigenvalue weighted by Crippen LogP contribution is -2.45. The highest BCUT2D eigenvalue weighted by molar-refractivity contribution is 6.25. The summed E-state index contributed by atoms with van der Waals surface area (Å²) in [4.78, 5) is 39.6. The van der Waals surface area contributed by atoms with E-state index in [0.717, 1.165) is 16.1 Å². The van der Waals surface area contributed by atoms with Crippen LogP contribution in [0, 0.1) is 23.3 Å². The fraction of sp³-hybridized carbons (Fsp3) is 0.185. The number of rotatable bonds is 5. The summed E-state index contributed by atoms with van der Waals surface area (Å²) in [6, 6.07) is 14.8. The maximum absolute atomic E-state index is 14.4. The van der Waals surface area contributed by atoms with Gasteiger partial charge in [-0.2, -0.15) is 10.2 Å². The number of carbonyl (C=O) groups is 3. The van der Waals surface area contributed by atoms with E-state index in [1.54, 1.807) is 0 Å². The average Bonchev–Trinajstić information content (AvgIpc) is 3.65. The van der Waals surface area contributed by atoms with Crippen LogP contribution in [0.25, 0.3) is 0 Å². The molecule has 3 heterocycles. The molecule has 3 aliphatic heterocycles. The summed E-state index contributed by atoms with van der Waals surface area (Å²) in [7, 11) is 0. The summed E-state index contributed by atoms with van der Waals surface area (Å²) in [6.45, 7) is -0.561. The van der Waals surface area contributed by atoms with Gasteiger partial charge in [0, 0.05) is 12.5 Å². The second-order valence-electron chi connectivity index (χ2n) is 9.30. The largest absolute Gasteiger partial charge is 0.271 e. The molecule has 3 aliphatic rings. The van der Waals surface area contributed by atoms with E-state index in [1.165, 1.54) is 5.01 Å². The Labute approximate surface area is 224 Å². The summed E-state index contributed by atoms with van der Waals surface area (Å²) in [6.07, 6.45) is 0.405. The van der Waals surface area contributed by atoms with Crippen LogP contribution in [0.5, 0.6) is 0 Å². The Hall–Kier alpha value is -4.94. The zero-order valence-corrected chi connectivity index (χ0v) is 20.4. The first-order valence-corrected chi connectivity index (χ1v) is 12.1. The highest BCUT2D eigenvalue weighted by atomic mass is 19.2. The third-order valence-corrected chi connectivity index (χ3v) is 6.92. The number of carbonyl (C=O) groups excluding carboxylic acids is 3. The standard InChI is InChI=1S/C27H18F4N6O3/c28-16-11-17(29)22(31)24(21(16)30)36-26(39)23-25(27(36)40)35(34-32-23)13-20(38)37-19(15-9-5-2-6-10-15)12-18(33-37)14-7-3-1-4-8-14/h1-11,19,23,25H,12-13H2/t19-,23+,25-/m1/s1. The number of imide groups is 1. The zero-order chi connectivity index (χ0) is 28.1. The van der Waals surface area contributed by atoms with Crippen LogP contribution in [0.15, 0.2) is 82.2 Å². The van der Waals surface area contributed by atoms with E-state index in [4.69, 9.17) is 0 Å². The fourth-order valence-electron chi connectivity index (χ4n) is 5.02. The Balaban J connectivity index is 1.28. The normalized spacial score (nSPS) is 21.9. The molecule has 1 saturated heterocycles. The average molecular weight is 550 g/mol. The Kier molecular flexibility index (Phi) is 6.12. The number of nitrogens with zero attached hydrogens (tertiary/aromatic N) is 6. The molecular weight excluding hydrogens is 532 g/mol. The van der Waals surface area contributed by atoms with Crippen LogP contribution in [0.2, 0.25) is 0 Å². The minimum atomic E-state index is -1.91. The minimum absolute atomic E-state index is 0.0100. The molecular formula is C27H18F4N6O3. The number of anilines is 1. The van der Waals surface area contributed by atoms with E-state index in [2.05, 4.69) is 15.4 Å². The van der Waals surface area contributed by atoms with Crippen LogP contribution in [0.3, 0.4) is 0 Å². The Morgan fingerprint density at radius 1 is 0.875 bits per heavy atom. The Bertz CT molecular complexity index is 1570. The Morgan fingerprint density at radius 3 is 2.15 bits per heavy atom. The van der Waals surface area contributed by atoms with Crippen molar-refractivity contribution >= 4 is 29.1 Å². The first-order chi connectivity index (χ1) is 19.3. The first-order valence-electron chi connectivity index (χ1n) is 12.1. The van der Waals surface area contributed by atoms with Crippen molar-refractivity contribution < 1.29 is 31.9 Å². The lowest BCUT2D eigenvalue weighted by atomic mass is 9.98. The van der Waals surface area contributed by atoms with Crippen molar-refractivity contribution in [1.82, 2.24) is 10.0 Å². The van der Waals surface area contributed by atoms with Crippen molar-refractivity contribution in [3.05, 3.63) is 101 Å². The highest BCUT2D eigenvalue weighted by Gasteiger charge is 2.57. The van der Waals surface area contributed by atoms with Crippen LogP contribution >= 0.6 is 0 Å². The van der Waals surface area contributed by atoms with Crippen LogP contribution in [-0.4, -0.2) is 52.1 Å². The third-order valence-electron chi connectivity index (χ3n) is 6.92. The second kappa shape index (κ2) is 9.67. The van der Waals surface area contributed by atoms with Gasteiger partial charge >= 0.3 is 0 Å². The predicted octanol–water partition coefficient (Wildman–Crippen LogP) is 3.91. The van der Waals surface area contributed by atoms with Crippen molar-refractivity contribution in [2.24, 2.45) is 15.4 Å². The minimum Gasteiger partial charge on any atom is -0.271 e. The molecule has 0 radical (unpaired) electrons. The summed E-state index contributed by atoms with van der Waals surface area (Å²) in [5.41, 5.74) is 0.798. The second-order valence-corrected chi connectivity index (χ2v) is 9.30. The molecule has 202 valence electrons. The highest BCUT2D eigenvalue weighted by Crippen LogP contribution is 2.37. The molecule has 40 heavy (non-hydrogen) atoms. The molecule has 0 aromatic heterocycles. The van der Waals surface area contributed by atoms with Gasteiger partial charge in [-0.25, -0.2) is 27.5 Å². The fourth-order valence-corrected chi connectivity index (χ4v) is 5.02. The van der Waals surface area contributed by atoms with E-state index in [1.807, 2.05) is 60.7 Å². The molecule has 13 heteroatoms. The monoisotopic (exact) mass is 550 g/mol. The van der Waals surface area contributed by atoms with E-state index in [0.29, 0.717) is 12.1 Å². The molecule has 0 N–H and O–H groups in total. The molecule has 9 nitrogen and oxygen atoms in total. The number of benzene rings is 3. The molecule has 0 aliphatic carbocycles. The van der Waals surface area contributed by atoms with Crippen molar-refractivity contribution in [3.8, 4) is 0 Å². The number of hydrazone groups is 1. The molecule has 3 aromatic rings. The summed E-state index contributed by atoms with van der Waals surface area (Å²) < 4.78 is 56.5. The SMILES string of the molecule is O=C1[C@H]2N=NN(CC(=O)N3N=C(c4ccccc4)C[C@@H]3c3ccccc3)[C@H]2C(=O)N1c1c(F)c(F)cc(F)c1F. The molecule has 0 bridgehead atoms. The van der Waals surface area contributed by atoms with Gasteiger partial charge in [-0.1, -0.05) is 65.9 Å². The lowest BCUT2D eigenvalue weighted by molar-refractivity contribution is -0.135. The molecule has 1 fully saturated rings. The quantitative estimate of drug-likeness (QED) is 0.273. The van der Waals surface area contributed by atoms with Crippen LogP contribution in [-0.2, 0) is 14.4 Å².